The van der Waals surface area contributed by atoms with Crippen LogP contribution in [0.15, 0.2) is 0 Å². The van der Waals surface area contributed by atoms with Crippen LogP contribution < -0.4 is 0 Å². The van der Waals surface area contributed by atoms with E-state index in [4.69, 9.17) is 0 Å². The maximum absolute atomic E-state index is 4.50. The first-order valence-electron chi connectivity index (χ1n) is 1.08. The molecule has 0 aromatic carbocycles. The molecule has 0 amide bonds. The Bertz CT molecular complexity index is 12.4. The van der Waals surface area contributed by atoms with E-state index in [1.165, 1.54) is 0 Å². The molecule has 0 unspecified atom stereocenters. The zero-order chi connectivity index (χ0) is 2.12. The number of hydrogen-bond donors (Lipinski definition) is 0. The third kappa shape index (κ3) is 10.7. The Hall–Kier alpha value is 1.96. The minimum atomic E-state index is 0. The molecule has 0 saturated carbocycles. The second kappa shape index (κ2) is 5.96. The Morgan fingerprint density at radius 2 is 1.20 bits per heavy atom. The van der Waals surface area contributed by atoms with Gasteiger partial charge in [0, 0.05) is 0 Å². The van der Waals surface area contributed by atoms with Crippen molar-refractivity contribution in [1.29, 1.82) is 0 Å². The molecule has 0 radical (unpaired) electrons. The maximum atomic E-state index is 4.50. The van der Waals surface area contributed by atoms with Crippen LogP contribution in [0.4, 0.5) is 0 Å². The summed E-state index contributed by atoms with van der Waals surface area (Å²) in [5.74, 6) is 0. The van der Waals surface area contributed by atoms with E-state index in [-0.39, 0.29) is 59.1 Å². The normalized spacial score (nSPS) is 14.4. The zero-order valence-corrected chi connectivity index (χ0v) is 1.82. The fraction of sp³-hybridized carbons (Fsp3) is 1.00. The predicted octanol–water partition coefficient (Wildman–Crippen LogP) is -1.28. The van der Waals surface area contributed by atoms with Crippen LogP contribution in [0, 0.1) is 0 Å². The van der Waals surface area contributed by atoms with E-state index in [2.05, 4.69) is 4.74 Å². The van der Waals surface area contributed by atoms with Crippen molar-refractivity contribution in [2.75, 3.05) is 13.2 Å². The topological polar surface area (TPSA) is 12.5 Å². The van der Waals surface area contributed by atoms with Crippen LogP contribution in [0.1, 0.15) is 0 Å². The molecule has 1 heterocycles. The average Bonchev–Trinajstić information content (AvgIpc) is 1.46. The second-order valence-electron chi connectivity index (χ2n) is 0.612. The van der Waals surface area contributed by atoms with E-state index >= 15 is 0 Å². The van der Waals surface area contributed by atoms with Gasteiger partial charge in [-0.1, -0.05) is 0 Å². The van der Waals surface area contributed by atoms with E-state index in [1.807, 2.05) is 0 Å². The summed E-state index contributed by atoms with van der Waals surface area (Å²) in [7, 11) is 0. The van der Waals surface area contributed by atoms with Crippen molar-refractivity contribution in [1.82, 2.24) is 0 Å². The average molecular weight is 92.0 g/mol. The molecular weight excluding hydrogens is 86.0 g/mol. The number of hydrogen-bond acceptors (Lipinski definition) is 1. The Labute approximate surface area is 76.0 Å². The molecule has 0 aromatic rings. The van der Waals surface area contributed by atoms with Crippen molar-refractivity contribution >= 4 is 59.1 Å². The summed E-state index contributed by atoms with van der Waals surface area (Å²) in [6.07, 6.45) is 0. The van der Waals surface area contributed by atoms with Crippen molar-refractivity contribution in [3.63, 3.8) is 0 Å². The molecule has 3 heteroatoms. The molecule has 0 atom stereocenters. The van der Waals surface area contributed by atoms with Crippen molar-refractivity contribution in [2.24, 2.45) is 0 Å². The van der Waals surface area contributed by atoms with Gasteiger partial charge in [-0.15, -0.1) is 0 Å². The summed E-state index contributed by atoms with van der Waals surface area (Å²) < 4.78 is 4.50. The van der Waals surface area contributed by atoms with Gasteiger partial charge in [0.1, 0.15) is 0 Å². The molecule has 0 spiro atoms. The Morgan fingerprint density at radius 1 is 1.00 bits per heavy atom. The van der Waals surface area contributed by atoms with E-state index in [9.17, 15) is 0 Å². The summed E-state index contributed by atoms with van der Waals surface area (Å²) in [6, 6.07) is 0. The van der Waals surface area contributed by atoms with Crippen LogP contribution in [0.2, 0.25) is 0 Å². The summed E-state index contributed by atoms with van der Waals surface area (Å²) >= 11 is 0. The standard InChI is InChI=1S/C2H4O.2Na.2H/c1-2-3-1;;;;/h1-2H2;;;;. The van der Waals surface area contributed by atoms with Crippen molar-refractivity contribution in [3.05, 3.63) is 0 Å². The minimum absolute atomic E-state index is 0. The SMILES string of the molecule is C1CO1.[NaH].[NaH]. The molecule has 1 aliphatic heterocycles. The first-order valence-corrected chi connectivity index (χ1v) is 1.08. The summed E-state index contributed by atoms with van der Waals surface area (Å²) in [5, 5.41) is 0. The number of epoxide rings is 1. The van der Waals surface area contributed by atoms with Gasteiger partial charge in [-0.2, -0.15) is 0 Å². The van der Waals surface area contributed by atoms with Crippen LogP contribution in [-0.4, -0.2) is 72.3 Å². The molecule has 1 saturated heterocycles. The zero-order valence-electron chi connectivity index (χ0n) is 1.82. The van der Waals surface area contributed by atoms with Gasteiger partial charge in [0.05, 0.1) is 13.2 Å². The molecule has 0 bridgehead atoms. The summed E-state index contributed by atoms with van der Waals surface area (Å²) in [5.41, 5.74) is 0. The number of rotatable bonds is 0. The third-order valence-electron chi connectivity index (χ3n) is 0.204. The van der Waals surface area contributed by atoms with Crippen molar-refractivity contribution < 1.29 is 4.74 Å². The van der Waals surface area contributed by atoms with Crippen molar-refractivity contribution in [3.8, 4) is 0 Å². The van der Waals surface area contributed by atoms with E-state index in [0.29, 0.717) is 0 Å². The van der Waals surface area contributed by atoms with Gasteiger partial charge in [0.15, 0.2) is 0 Å². The quantitative estimate of drug-likeness (QED) is 0.268. The molecule has 0 aliphatic carbocycles. The third-order valence-corrected chi connectivity index (χ3v) is 0.204. The Morgan fingerprint density at radius 3 is 1.20 bits per heavy atom. The molecule has 1 fully saturated rings. The van der Waals surface area contributed by atoms with E-state index in [1.54, 1.807) is 0 Å². The Balaban J connectivity index is 0. The summed E-state index contributed by atoms with van der Waals surface area (Å²) in [6.45, 7) is 2.00. The first kappa shape index (κ1) is 10.0. The van der Waals surface area contributed by atoms with Crippen LogP contribution in [0.3, 0.4) is 0 Å². The monoisotopic (exact) mass is 92.0 g/mol. The van der Waals surface area contributed by atoms with Gasteiger partial charge >= 0.3 is 59.1 Å². The molecule has 0 N–H and O–H groups in total. The van der Waals surface area contributed by atoms with Gasteiger partial charge in [0.25, 0.3) is 0 Å². The van der Waals surface area contributed by atoms with Gasteiger partial charge in [-0.05, 0) is 0 Å². The first-order chi connectivity index (χ1) is 1.50. The molecule has 0 aromatic heterocycles. The van der Waals surface area contributed by atoms with E-state index in [0.717, 1.165) is 13.2 Å². The summed E-state index contributed by atoms with van der Waals surface area (Å²) in [4.78, 5) is 0. The molecule has 22 valence electrons. The predicted molar refractivity (Wildman–Crippen MR) is 25.1 cm³/mol. The fourth-order valence-electron chi connectivity index (χ4n) is 0. The number of ether oxygens (including phenoxy) is 1. The van der Waals surface area contributed by atoms with Gasteiger partial charge in [-0.25, -0.2) is 0 Å². The van der Waals surface area contributed by atoms with Gasteiger partial charge in [0.2, 0.25) is 0 Å². The molecule has 1 rings (SSSR count). The van der Waals surface area contributed by atoms with Crippen LogP contribution in [0.5, 0.6) is 0 Å². The molecular formula is C2H6Na2O. The van der Waals surface area contributed by atoms with Crippen molar-refractivity contribution in [2.45, 2.75) is 0 Å². The van der Waals surface area contributed by atoms with Crippen LogP contribution in [0.25, 0.3) is 0 Å². The van der Waals surface area contributed by atoms with Crippen LogP contribution >= 0.6 is 0 Å². The molecule has 1 aliphatic rings. The van der Waals surface area contributed by atoms with E-state index < -0.39 is 0 Å². The molecule has 5 heavy (non-hydrogen) atoms. The van der Waals surface area contributed by atoms with Gasteiger partial charge < -0.3 is 4.74 Å². The van der Waals surface area contributed by atoms with Gasteiger partial charge in [-0.3, -0.25) is 0 Å². The second-order valence-corrected chi connectivity index (χ2v) is 0.612. The fourth-order valence-corrected chi connectivity index (χ4v) is 0. The Kier molecular flexibility index (Phi) is 12.0. The molecule has 1 nitrogen and oxygen atoms in total. The van der Waals surface area contributed by atoms with Crippen LogP contribution in [-0.2, 0) is 4.74 Å².